The minimum absolute atomic E-state index is 0.0376. The van der Waals surface area contributed by atoms with Crippen molar-refractivity contribution in [2.24, 2.45) is 5.73 Å². The molecule has 0 spiro atoms. The van der Waals surface area contributed by atoms with Gasteiger partial charge in [-0.25, -0.2) is 13.2 Å². The molecule has 0 saturated carbocycles. The third kappa shape index (κ3) is 5.58. The first kappa shape index (κ1) is 22.4. The van der Waals surface area contributed by atoms with Gasteiger partial charge in [-0.05, 0) is 38.3 Å². The lowest BCUT2D eigenvalue weighted by Gasteiger charge is -2.12. The van der Waals surface area contributed by atoms with Crippen molar-refractivity contribution in [1.82, 2.24) is 4.72 Å². The van der Waals surface area contributed by atoms with Crippen LogP contribution in [0.2, 0.25) is 0 Å². The molecule has 0 radical (unpaired) electrons. The summed E-state index contributed by atoms with van der Waals surface area (Å²) < 4.78 is 34.5. The summed E-state index contributed by atoms with van der Waals surface area (Å²) in [5, 5.41) is 0.0376. The number of amides is 1. The molecule has 8 nitrogen and oxygen atoms in total. The molecule has 1 aromatic heterocycles. The molecule has 2 rings (SSSR count). The van der Waals surface area contributed by atoms with Gasteiger partial charge in [0.25, 0.3) is 15.9 Å². The number of benzene rings is 1. The van der Waals surface area contributed by atoms with E-state index >= 15 is 0 Å². The van der Waals surface area contributed by atoms with E-state index in [1.165, 1.54) is 41.2 Å². The lowest BCUT2D eigenvalue weighted by atomic mass is 10.2. The summed E-state index contributed by atoms with van der Waals surface area (Å²) in [7, 11) is -3.96. The van der Waals surface area contributed by atoms with Crippen LogP contribution in [-0.4, -0.2) is 33.2 Å². The number of hydrogen-bond acceptors (Lipinski definition) is 6. The van der Waals surface area contributed by atoms with Crippen LogP contribution in [0.3, 0.4) is 0 Å². The van der Waals surface area contributed by atoms with Crippen molar-refractivity contribution in [1.29, 1.82) is 0 Å². The Morgan fingerprint density at radius 1 is 1.21 bits per heavy atom. The summed E-state index contributed by atoms with van der Waals surface area (Å²) in [5.41, 5.74) is 6.29. The van der Waals surface area contributed by atoms with Crippen LogP contribution in [0.1, 0.15) is 22.8 Å². The number of ether oxygens (including phenoxy) is 1. The van der Waals surface area contributed by atoms with Gasteiger partial charge in [0.05, 0.1) is 11.5 Å². The summed E-state index contributed by atoms with van der Waals surface area (Å²) >= 11 is 1.02. The zero-order chi connectivity index (χ0) is 21.6. The average Bonchev–Trinajstić information content (AvgIpc) is 2.68. The molecule has 0 aliphatic heterocycles. The number of thioether (sulfide) groups is 1. The topological polar surface area (TPSA) is 119 Å². The van der Waals surface area contributed by atoms with Gasteiger partial charge in [0.1, 0.15) is 5.56 Å². The van der Waals surface area contributed by atoms with Gasteiger partial charge in [0.2, 0.25) is 0 Å². The second-order valence-corrected chi connectivity index (χ2v) is 8.38. The van der Waals surface area contributed by atoms with Gasteiger partial charge in [-0.15, -0.1) is 11.8 Å². The van der Waals surface area contributed by atoms with Crippen LogP contribution < -0.4 is 15.0 Å². The number of nitrogens with two attached hydrogens (primary N) is 1. The number of esters is 1. The van der Waals surface area contributed by atoms with Gasteiger partial charge in [-0.2, -0.15) is 4.57 Å². The van der Waals surface area contributed by atoms with E-state index in [4.69, 9.17) is 10.5 Å². The monoisotopic (exact) mass is 436 g/mol. The molecule has 2 aromatic rings. The van der Waals surface area contributed by atoms with Crippen LogP contribution in [0, 0.1) is 6.92 Å². The molecule has 0 saturated heterocycles. The molecule has 1 aromatic carbocycles. The first-order valence-electron chi connectivity index (χ1n) is 8.56. The lowest BCUT2D eigenvalue weighted by molar-refractivity contribution is -0.579. The highest BCUT2D eigenvalue weighted by atomic mass is 32.2. The number of nitrogens with one attached hydrogen (secondary N) is 1. The van der Waals surface area contributed by atoms with E-state index in [9.17, 15) is 18.0 Å². The number of hydrogen-bond donors (Lipinski definition) is 2. The number of aromatic nitrogens is 1. The Bertz CT molecular complexity index is 1050. The predicted octanol–water partition coefficient (Wildman–Crippen LogP) is 1.41. The van der Waals surface area contributed by atoms with E-state index in [0.29, 0.717) is 0 Å². The highest BCUT2D eigenvalue weighted by molar-refractivity contribution is 8.03. The van der Waals surface area contributed by atoms with Crippen LogP contribution in [0.25, 0.3) is 5.70 Å². The molecular weight excluding hydrogens is 414 g/mol. The molecule has 29 heavy (non-hydrogen) atoms. The number of nitrogens with zero attached hydrogens (tertiary/aromatic N) is 1. The fourth-order valence-electron chi connectivity index (χ4n) is 2.36. The number of carbonyl (C=O) groups excluding carboxylic acids is 2. The smallest absolute Gasteiger partial charge is 0.407 e. The van der Waals surface area contributed by atoms with Crippen molar-refractivity contribution in [3.8, 4) is 0 Å². The summed E-state index contributed by atoms with van der Waals surface area (Å²) in [4.78, 5) is 24.2. The van der Waals surface area contributed by atoms with Crippen LogP contribution >= 0.6 is 11.8 Å². The second kappa shape index (κ2) is 9.57. The molecule has 1 amide bonds. The largest absolute Gasteiger partial charge is 0.458 e. The number of rotatable bonds is 8. The first-order valence-corrected chi connectivity index (χ1v) is 11.3. The SMILES string of the molecule is CCOC(=O)/C(=C(/NS(=O)(=O)c1ccc(C)cc1)SC)[n+]1cccc(C(N)=O)c1. The van der Waals surface area contributed by atoms with Gasteiger partial charge in [0, 0.05) is 6.07 Å². The summed E-state index contributed by atoms with van der Waals surface area (Å²) in [6, 6.07) is 9.30. The van der Waals surface area contributed by atoms with E-state index < -0.39 is 21.9 Å². The van der Waals surface area contributed by atoms with Crippen molar-refractivity contribution in [2.45, 2.75) is 18.7 Å². The van der Waals surface area contributed by atoms with Crippen molar-refractivity contribution < 1.29 is 27.3 Å². The maximum atomic E-state index is 12.8. The van der Waals surface area contributed by atoms with E-state index in [1.807, 2.05) is 6.92 Å². The molecule has 0 fully saturated rings. The number of pyridine rings is 1. The standard InChI is InChI=1S/C19H21N3O5S2/c1-4-27-19(24)16(22-11-5-6-14(12-22)17(20)23)18(28-3)21-29(25,26)15-9-7-13(2)8-10-15/h5-12H,4H2,1-3H3,(H2-,20,21,23,24)/p+1. The first-order chi connectivity index (χ1) is 13.7. The van der Waals surface area contributed by atoms with E-state index in [2.05, 4.69) is 4.72 Å². The van der Waals surface area contributed by atoms with Gasteiger partial charge < -0.3 is 10.5 Å². The van der Waals surface area contributed by atoms with Gasteiger partial charge in [-0.3, -0.25) is 9.52 Å². The Labute approximate surface area is 173 Å². The van der Waals surface area contributed by atoms with Gasteiger partial charge in [0.15, 0.2) is 17.4 Å². The molecule has 10 heteroatoms. The molecular formula is C19H22N3O5S2+. The minimum atomic E-state index is -3.96. The third-order valence-electron chi connectivity index (χ3n) is 3.79. The fourth-order valence-corrected chi connectivity index (χ4v) is 4.36. The minimum Gasteiger partial charge on any atom is -0.458 e. The highest BCUT2D eigenvalue weighted by Gasteiger charge is 2.30. The van der Waals surface area contributed by atoms with Gasteiger partial charge >= 0.3 is 11.7 Å². The average molecular weight is 437 g/mol. The maximum absolute atomic E-state index is 12.8. The second-order valence-electron chi connectivity index (χ2n) is 5.89. The summed E-state index contributed by atoms with van der Waals surface area (Å²) in [6.45, 7) is 3.57. The molecule has 154 valence electrons. The summed E-state index contributed by atoms with van der Waals surface area (Å²) in [5.74, 6) is -1.44. The van der Waals surface area contributed by atoms with E-state index in [1.54, 1.807) is 25.3 Å². The highest BCUT2D eigenvalue weighted by Crippen LogP contribution is 2.20. The van der Waals surface area contributed by atoms with Crippen LogP contribution in [0.5, 0.6) is 0 Å². The van der Waals surface area contributed by atoms with Crippen molar-refractivity contribution in [3.05, 3.63) is 64.9 Å². The third-order valence-corrected chi connectivity index (χ3v) is 5.99. The van der Waals surface area contributed by atoms with Crippen molar-refractivity contribution in [2.75, 3.05) is 12.9 Å². The van der Waals surface area contributed by atoms with E-state index in [-0.39, 0.29) is 27.8 Å². The van der Waals surface area contributed by atoms with Crippen LogP contribution in [0.4, 0.5) is 0 Å². The number of sulfonamides is 1. The lowest BCUT2D eigenvalue weighted by Crippen LogP contribution is -2.41. The molecule has 0 aliphatic carbocycles. The number of carbonyl (C=O) groups is 2. The molecule has 3 N–H and O–H groups in total. The molecule has 0 aliphatic rings. The van der Waals surface area contributed by atoms with Crippen molar-refractivity contribution in [3.63, 3.8) is 0 Å². The normalized spacial score (nSPS) is 12.1. The Balaban J connectivity index is 2.60. The molecule has 1 heterocycles. The number of primary amides is 1. The quantitative estimate of drug-likeness (QED) is 0.367. The number of aryl methyl sites for hydroxylation is 1. The zero-order valence-electron chi connectivity index (χ0n) is 16.2. The summed E-state index contributed by atoms with van der Waals surface area (Å²) in [6.07, 6.45) is 4.45. The molecule has 0 atom stereocenters. The van der Waals surface area contributed by atoms with Crippen molar-refractivity contribution >= 4 is 39.4 Å². The fraction of sp³-hybridized carbons (Fsp3) is 0.211. The zero-order valence-corrected chi connectivity index (χ0v) is 17.8. The van der Waals surface area contributed by atoms with Gasteiger partial charge in [-0.1, -0.05) is 17.7 Å². The Morgan fingerprint density at radius 2 is 1.86 bits per heavy atom. The molecule has 0 bridgehead atoms. The molecule has 0 unspecified atom stereocenters. The predicted molar refractivity (Wildman–Crippen MR) is 110 cm³/mol. The maximum Gasteiger partial charge on any atom is 0.407 e. The Morgan fingerprint density at radius 3 is 2.41 bits per heavy atom. The Kier molecular flexibility index (Phi) is 7.40. The Hall–Kier alpha value is -2.85. The van der Waals surface area contributed by atoms with E-state index in [0.717, 1.165) is 17.3 Å². The van der Waals surface area contributed by atoms with Crippen LogP contribution in [0.15, 0.2) is 58.7 Å². The van der Waals surface area contributed by atoms with Crippen LogP contribution in [-0.2, 0) is 19.6 Å².